The number of thioether (sulfide) groups is 1. The molecule has 0 radical (unpaired) electrons. The van der Waals surface area contributed by atoms with E-state index >= 15 is 0 Å². The van der Waals surface area contributed by atoms with Crippen molar-refractivity contribution in [1.82, 2.24) is 10.2 Å². The van der Waals surface area contributed by atoms with Gasteiger partial charge < -0.3 is 9.73 Å². The number of rotatable bonds is 6. The van der Waals surface area contributed by atoms with Crippen molar-refractivity contribution in [3.8, 4) is 21.9 Å². The largest absolute Gasteiger partial charge is 0.410 e. The van der Waals surface area contributed by atoms with Crippen LogP contribution in [-0.2, 0) is 4.79 Å². The first-order valence-corrected chi connectivity index (χ1v) is 12.3. The summed E-state index contributed by atoms with van der Waals surface area (Å²) in [6.45, 7) is 1.81. The first-order valence-electron chi connectivity index (χ1n) is 10.2. The third-order valence-corrected chi connectivity index (χ3v) is 7.65. The molecule has 5 nitrogen and oxygen atoms in total. The number of hydrogen-bond acceptors (Lipinski definition) is 6. The highest BCUT2D eigenvalue weighted by Gasteiger charge is 2.22. The van der Waals surface area contributed by atoms with Gasteiger partial charge in [0.2, 0.25) is 5.91 Å². The van der Waals surface area contributed by atoms with Crippen molar-refractivity contribution in [3.63, 3.8) is 0 Å². The highest BCUT2D eigenvalue weighted by molar-refractivity contribution is 8.00. The third kappa shape index (κ3) is 4.53. The number of halogens is 1. The van der Waals surface area contributed by atoms with E-state index < -0.39 is 5.25 Å². The number of aromatic nitrogens is 2. The number of anilines is 1. The highest BCUT2D eigenvalue weighted by atomic mass is 35.5. The number of thiophene rings is 1. The van der Waals surface area contributed by atoms with Crippen LogP contribution < -0.4 is 5.32 Å². The van der Waals surface area contributed by atoms with Gasteiger partial charge in [-0.15, -0.1) is 21.5 Å². The van der Waals surface area contributed by atoms with Crippen LogP contribution in [0.3, 0.4) is 0 Å². The van der Waals surface area contributed by atoms with Crippen molar-refractivity contribution in [2.75, 3.05) is 5.32 Å². The quantitative estimate of drug-likeness (QED) is 0.251. The van der Waals surface area contributed by atoms with Gasteiger partial charge in [0.1, 0.15) is 4.88 Å². The lowest BCUT2D eigenvalue weighted by Gasteiger charge is -2.14. The summed E-state index contributed by atoms with van der Waals surface area (Å²) < 4.78 is 6.88. The monoisotopic (exact) mass is 491 g/mol. The molecule has 8 heteroatoms. The average molecular weight is 492 g/mol. The molecule has 2 aromatic heterocycles. The molecule has 164 valence electrons. The molecular formula is C25H18ClN3O2S2. The standard InChI is InChI=1S/C25H18ClN3O2S2/c1-15(23(30)27-19-13-7-5-11-17(19)16-9-3-2-4-10-16)32-25-29-28-24(31-25)22-21(26)18-12-6-8-14-20(18)33-22/h2-15H,1H3,(H,27,30)/t15-/m1/s1. The molecular weight excluding hydrogens is 474 g/mol. The maximum Gasteiger partial charge on any atom is 0.277 e. The van der Waals surface area contributed by atoms with E-state index in [2.05, 4.69) is 15.5 Å². The lowest BCUT2D eigenvalue weighted by molar-refractivity contribution is -0.115. The zero-order valence-corrected chi connectivity index (χ0v) is 19.9. The van der Waals surface area contributed by atoms with Crippen molar-refractivity contribution in [2.45, 2.75) is 17.4 Å². The van der Waals surface area contributed by atoms with Crippen molar-refractivity contribution in [2.24, 2.45) is 0 Å². The molecule has 0 saturated heterocycles. The van der Waals surface area contributed by atoms with Crippen LogP contribution in [-0.4, -0.2) is 21.4 Å². The predicted octanol–water partition coefficient (Wildman–Crippen LogP) is 7.39. The molecule has 1 amide bonds. The van der Waals surface area contributed by atoms with Gasteiger partial charge in [0, 0.05) is 21.3 Å². The maximum absolute atomic E-state index is 12.9. The van der Waals surface area contributed by atoms with Crippen LogP contribution in [0.2, 0.25) is 5.02 Å². The predicted molar refractivity (Wildman–Crippen MR) is 136 cm³/mol. The summed E-state index contributed by atoms with van der Waals surface area (Å²) in [6.07, 6.45) is 0. The topological polar surface area (TPSA) is 68.0 Å². The molecule has 5 aromatic rings. The molecule has 1 N–H and O–H groups in total. The number of hydrogen-bond donors (Lipinski definition) is 1. The molecule has 0 spiro atoms. The number of para-hydroxylation sites is 1. The van der Waals surface area contributed by atoms with Gasteiger partial charge in [-0.2, -0.15) is 0 Å². The van der Waals surface area contributed by atoms with E-state index in [1.54, 1.807) is 6.92 Å². The Labute approximate surface area is 203 Å². The molecule has 0 fully saturated rings. The SMILES string of the molecule is C[C@@H](Sc1nnc(-c2sc3ccccc3c2Cl)o1)C(=O)Nc1ccccc1-c1ccccc1. The van der Waals surface area contributed by atoms with Crippen LogP contribution in [0.4, 0.5) is 5.69 Å². The van der Waals surface area contributed by atoms with Gasteiger partial charge in [0.25, 0.3) is 11.1 Å². The average Bonchev–Trinajstić information content (AvgIpc) is 3.44. The fourth-order valence-electron chi connectivity index (χ4n) is 3.40. The first kappa shape index (κ1) is 21.7. The summed E-state index contributed by atoms with van der Waals surface area (Å²) in [5.41, 5.74) is 2.75. The van der Waals surface area contributed by atoms with Crippen LogP contribution in [0.1, 0.15) is 6.92 Å². The van der Waals surface area contributed by atoms with Gasteiger partial charge >= 0.3 is 0 Å². The summed E-state index contributed by atoms with van der Waals surface area (Å²) in [5.74, 6) is 0.203. The van der Waals surface area contributed by atoms with Crippen molar-refractivity contribution in [3.05, 3.63) is 83.9 Å². The Balaban J connectivity index is 1.31. The Bertz CT molecular complexity index is 1430. The Morgan fingerprint density at radius 1 is 1.00 bits per heavy atom. The van der Waals surface area contributed by atoms with Crippen LogP contribution in [0, 0.1) is 0 Å². The van der Waals surface area contributed by atoms with Crippen molar-refractivity contribution in [1.29, 1.82) is 0 Å². The minimum absolute atomic E-state index is 0.150. The van der Waals surface area contributed by atoms with E-state index in [1.165, 1.54) is 23.1 Å². The Hall–Kier alpha value is -3.13. The van der Waals surface area contributed by atoms with Gasteiger partial charge in [-0.1, -0.05) is 90.1 Å². The number of carbonyl (C=O) groups is 1. The van der Waals surface area contributed by atoms with Crippen LogP contribution in [0.25, 0.3) is 32.0 Å². The smallest absolute Gasteiger partial charge is 0.277 e. The maximum atomic E-state index is 12.9. The van der Waals surface area contributed by atoms with E-state index in [0.29, 0.717) is 16.1 Å². The molecule has 0 aliphatic heterocycles. The minimum Gasteiger partial charge on any atom is -0.410 e. The molecule has 1 atom stereocenters. The normalized spacial score (nSPS) is 12.1. The van der Waals surface area contributed by atoms with Crippen molar-refractivity contribution < 1.29 is 9.21 Å². The number of carbonyl (C=O) groups excluding carboxylic acids is 1. The van der Waals surface area contributed by atoms with E-state index in [1.807, 2.05) is 78.9 Å². The second-order valence-electron chi connectivity index (χ2n) is 7.28. The summed E-state index contributed by atoms with van der Waals surface area (Å²) in [4.78, 5) is 13.6. The van der Waals surface area contributed by atoms with E-state index in [-0.39, 0.29) is 5.91 Å². The summed E-state index contributed by atoms with van der Waals surface area (Å²) in [6, 6.07) is 25.6. The minimum atomic E-state index is -0.444. The second kappa shape index (κ2) is 9.39. The molecule has 2 heterocycles. The van der Waals surface area contributed by atoms with E-state index in [9.17, 15) is 4.79 Å². The van der Waals surface area contributed by atoms with Crippen LogP contribution in [0.15, 0.2) is 88.5 Å². The highest BCUT2D eigenvalue weighted by Crippen LogP contribution is 2.42. The number of nitrogens with one attached hydrogen (secondary N) is 1. The zero-order valence-electron chi connectivity index (χ0n) is 17.5. The number of nitrogens with zero attached hydrogens (tertiary/aromatic N) is 2. The van der Waals surface area contributed by atoms with Gasteiger partial charge in [0.05, 0.1) is 10.3 Å². The van der Waals surface area contributed by atoms with Crippen LogP contribution in [0.5, 0.6) is 0 Å². The van der Waals surface area contributed by atoms with Crippen LogP contribution >= 0.6 is 34.7 Å². The van der Waals surface area contributed by atoms with E-state index in [4.69, 9.17) is 16.0 Å². The molecule has 0 bridgehead atoms. The summed E-state index contributed by atoms with van der Waals surface area (Å²) >= 11 is 9.23. The molecule has 33 heavy (non-hydrogen) atoms. The van der Waals surface area contributed by atoms with Crippen molar-refractivity contribution >= 4 is 56.4 Å². The Morgan fingerprint density at radius 2 is 1.73 bits per heavy atom. The summed E-state index contributed by atoms with van der Waals surface area (Å²) in [7, 11) is 0. The lowest BCUT2D eigenvalue weighted by atomic mass is 10.0. The van der Waals surface area contributed by atoms with E-state index in [0.717, 1.165) is 31.8 Å². The number of benzene rings is 3. The fourth-order valence-corrected chi connectivity index (χ4v) is 5.52. The molecule has 0 unspecified atom stereocenters. The van der Waals surface area contributed by atoms with Gasteiger partial charge in [0.15, 0.2) is 0 Å². The fraction of sp³-hybridized carbons (Fsp3) is 0.0800. The second-order valence-corrected chi connectivity index (χ2v) is 10.00. The van der Waals surface area contributed by atoms with Gasteiger partial charge in [-0.3, -0.25) is 4.79 Å². The first-order chi connectivity index (χ1) is 16.1. The number of fused-ring (bicyclic) bond motifs is 1. The van der Waals surface area contributed by atoms with Gasteiger partial charge in [-0.05, 0) is 24.6 Å². The zero-order chi connectivity index (χ0) is 22.8. The Morgan fingerprint density at radius 3 is 2.55 bits per heavy atom. The van der Waals surface area contributed by atoms with Gasteiger partial charge in [-0.25, -0.2) is 0 Å². The molecule has 0 saturated carbocycles. The molecule has 0 aliphatic rings. The number of amides is 1. The third-order valence-electron chi connectivity index (χ3n) is 5.05. The molecule has 0 aliphatic carbocycles. The molecule has 5 rings (SSSR count). The summed E-state index contributed by atoms with van der Waals surface area (Å²) in [5, 5.41) is 12.7. The molecule has 3 aromatic carbocycles. The lowest BCUT2D eigenvalue weighted by Crippen LogP contribution is -2.22. The Kier molecular flexibility index (Phi) is 6.17.